The summed E-state index contributed by atoms with van der Waals surface area (Å²) in [5, 5.41) is 19.2. The van der Waals surface area contributed by atoms with E-state index >= 15 is 0 Å². The molecule has 0 saturated heterocycles. The molecule has 7 heteroatoms. The largest absolute Gasteiger partial charge is 0.477 e. The van der Waals surface area contributed by atoms with E-state index in [2.05, 4.69) is 20.5 Å². The molecule has 0 spiro atoms. The lowest BCUT2D eigenvalue weighted by Crippen LogP contribution is -1.91. The predicted octanol–water partition coefficient (Wildman–Crippen LogP) is 1.92. The number of carboxylic acids is 1. The van der Waals surface area contributed by atoms with Crippen molar-refractivity contribution in [1.82, 2.24) is 15.2 Å². The Kier molecular flexibility index (Phi) is 2.61. The van der Waals surface area contributed by atoms with E-state index in [0.717, 1.165) is 28.4 Å². The highest BCUT2D eigenvalue weighted by Gasteiger charge is 2.11. The molecule has 0 bridgehead atoms. The number of carboxylic acid groups (broad SMARTS) is 1. The van der Waals surface area contributed by atoms with Crippen LogP contribution in [0, 0.1) is 13.8 Å². The van der Waals surface area contributed by atoms with Gasteiger partial charge in [-0.05, 0) is 13.8 Å². The molecule has 2 heterocycles. The third-order valence-electron chi connectivity index (χ3n) is 2.08. The minimum atomic E-state index is -0.966. The average Bonchev–Trinajstić information content (AvgIpc) is 2.80. The summed E-state index contributed by atoms with van der Waals surface area (Å²) in [5.74, 6) is -0.966. The number of rotatable bonds is 3. The smallest absolute Gasteiger partial charge is 0.347 e. The van der Waals surface area contributed by atoms with Crippen LogP contribution in [0.4, 0.5) is 10.8 Å². The molecule has 0 aliphatic carbocycles. The lowest BCUT2D eigenvalue weighted by atomic mass is 10.3. The Hall–Kier alpha value is -1.89. The van der Waals surface area contributed by atoms with Gasteiger partial charge < -0.3 is 10.4 Å². The fraction of sp³-hybridized carbons (Fsp3) is 0.222. The molecule has 0 aromatic carbocycles. The number of anilines is 2. The second kappa shape index (κ2) is 3.93. The molecule has 3 N–H and O–H groups in total. The van der Waals surface area contributed by atoms with Gasteiger partial charge in [-0.2, -0.15) is 5.10 Å². The second-order valence-corrected chi connectivity index (χ2v) is 4.30. The standard InChI is InChI=1S/C9H10N4O2S/c1-4-7(5(2)13-12-4)11-9-10-3-6(16-9)8(14)15/h3H,1-2H3,(H,10,11)(H,12,13)(H,14,15). The number of nitrogens with zero attached hydrogens (tertiary/aromatic N) is 2. The van der Waals surface area contributed by atoms with E-state index in [0.29, 0.717) is 5.13 Å². The third-order valence-corrected chi connectivity index (χ3v) is 2.98. The number of aromatic amines is 1. The lowest BCUT2D eigenvalue weighted by molar-refractivity contribution is 0.0702. The zero-order valence-electron chi connectivity index (χ0n) is 8.74. The monoisotopic (exact) mass is 238 g/mol. The van der Waals surface area contributed by atoms with Gasteiger partial charge in [0.25, 0.3) is 0 Å². The van der Waals surface area contributed by atoms with Gasteiger partial charge in [0.15, 0.2) is 5.13 Å². The fourth-order valence-corrected chi connectivity index (χ4v) is 1.93. The number of aryl methyl sites for hydroxylation is 2. The molecular formula is C9H10N4O2S. The van der Waals surface area contributed by atoms with Crippen LogP contribution in [0.2, 0.25) is 0 Å². The molecule has 0 atom stereocenters. The zero-order valence-corrected chi connectivity index (χ0v) is 9.55. The molecule has 2 aromatic heterocycles. The molecule has 0 aliphatic heterocycles. The van der Waals surface area contributed by atoms with Gasteiger partial charge in [-0.3, -0.25) is 5.10 Å². The van der Waals surface area contributed by atoms with Gasteiger partial charge in [-0.15, -0.1) is 0 Å². The molecule has 84 valence electrons. The quantitative estimate of drug-likeness (QED) is 0.760. The molecule has 0 aliphatic rings. The fourth-order valence-electron chi connectivity index (χ4n) is 1.27. The van der Waals surface area contributed by atoms with Crippen molar-refractivity contribution in [3.63, 3.8) is 0 Å². The first kappa shape index (κ1) is 10.6. The summed E-state index contributed by atoms with van der Waals surface area (Å²) in [6.45, 7) is 3.74. The Morgan fingerprint density at radius 2 is 2.31 bits per heavy atom. The van der Waals surface area contributed by atoms with Crippen molar-refractivity contribution >= 4 is 28.1 Å². The van der Waals surface area contributed by atoms with Crippen molar-refractivity contribution in [2.24, 2.45) is 0 Å². The Bertz CT molecular complexity index is 512. The molecule has 2 rings (SSSR count). The highest BCUT2D eigenvalue weighted by molar-refractivity contribution is 7.17. The molecule has 0 amide bonds. The molecule has 6 nitrogen and oxygen atoms in total. The van der Waals surface area contributed by atoms with Crippen LogP contribution in [0.5, 0.6) is 0 Å². The van der Waals surface area contributed by atoms with Crippen LogP contribution in [-0.2, 0) is 0 Å². The van der Waals surface area contributed by atoms with Gasteiger partial charge in [-0.1, -0.05) is 11.3 Å². The van der Waals surface area contributed by atoms with Crippen LogP contribution >= 0.6 is 11.3 Å². The molecule has 0 saturated carbocycles. The summed E-state index contributed by atoms with van der Waals surface area (Å²) in [6.07, 6.45) is 1.33. The van der Waals surface area contributed by atoms with Crippen LogP contribution in [-0.4, -0.2) is 26.3 Å². The van der Waals surface area contributed by atoms with Gasteiger partial charge in [0, 0.05) is 0 Å². The summed E-state index contributed by atoms with van der Waals surface area (Å²) >= 11 is 1.09. The van der Waals surface area contributed by atoms with Crippen molar-refractivity contribution in [1.29, 1.82) is 0 Å². The first-order valence-electron chi connectivity index (χ1n) is 4.55. The van der Waals surface area contributed by atoms with Gasteiger partial charge in [0.05, 0.1) is 23.3 Å². The van der Waals surface area contributed by atoms with Gasteiger partial charge in [0.1, 0.15) is 4.88 Å². The number of nitrogens with one attached hydrogen (secondary N) is 2. The summed E-state index contributed by atoms with van der Waals surface area (Å²) in [4.78, 5) is 14.9. The van der Waals surface area contributed by atoms with Crippen molar-refractivity contribution < 1.29 is 9.90 Å². The summed E-state index contributed by atoms with van der Waals surface area (Å²) < 4.78 is 0. The maximum Gasteiger partial charge on any atom is 0.347 e. The molecule has 0 fully saturated rings. The Morgan fingerprint density at radius 1 is 1.56 bits per heavy atom. The highest BCUT2D eigenvalue weighted by atomic mass is 32.1. The number of thiazole rings is 1. The van der Waals surface area contributed by atoms with E-state index in [-0.39, 0.29) is 4.88 Å². The normalized spacial score (nSPS) is 10.4. The SMILES string of the molecule is Cc1n[nH]c(C)c1Nc1ncc(C(=O)O)s1. The lowest BCUT2D eigenvalue weighted by Gasteiger charge is -2.00. The number of hydrogen-bond acceptors (Lipinski definition) is 5. The number of aromatic nitrogens is 3. The number of aromatic carboxylic acids is 1. The zero-order chi connectivity index (χ0) is 11.7. The van der Waals surface area contributed by atoms with E-state index in [4.69, 9.17) is 5.11 Å². The predicted molar refractivity (Wildman–Crippen MR) is 60.4 cm³/mol. The van der Waals surface area contributed by atoms with E-state index in [9.17, 15) is 4.79 Å². The highest BCUT2D eigenvalue weighted by Crippen LogP contribution is 2.25. The molecular weight excluding hydrogens is 228 g/mol. The topological polar surface area (TPSA) is 90.9 Å². The van der Waals surface area contributed by atoms with E-state index in [1.165, 1.54) is 6.20 Å². The minimum Gasteiger partial charge on any atom is -0.477 e. The van der Waals surface area contributed by atoms with Crippen LogP contribution in [0.1, 0.15) is 21.1 Å². The Balaban J connectivity index is 2.24. The summed E-state index contributed by atoms with van der Waals surface area (Å²) in [7, 11) is 0. The van der Waals surface area contributed by atoms with Gasteiger partial charge in [0.2, 0.25) is 0 Å². The van der Waals surface area contributed by atoms with Gasteiger partial charge >= 0.3 is 5.97 Å². The number of carbonyl (C=O) groups is 1. The van der Waals surface area contributed by atoms with Crippen molar-refractivity contribution in [2.45, 2.75) is 13.8 Å². The summed E-state index contributed by atoms with van der Waals surface area (Å²) in [6, 6.07) is 0. The molecule has 0 radical (unpaired) electrons. The van der Waals surface area contributed by atoms with Crippen LogP contribution in [0.15, 0.2) is 6.20 Å². The van der Waals surface area contributed by atoms with E-state index in [1.54, 1.807) is 0 Å². The van der Waals surface area contributed by atoms with Crippen molar-refractivity contribution in [2.75, 3.05) is 5.32 Å². The first-order chi connectivity index (χ1) is 7.58. The molecule has 2 aromatic rings. The van der Waals surface area contributed by atoms with Crippen molar-refractivity contribution in [3.05, 3.63) is 22.5 Å². The maximum absolute atomic E-state index is 10.7. The molecule has 0 unspecified atom stereocenters. The van der Waals surface area contributed by atoms with E-state index < -0.39 is 5.97 Å². The van der Waals surface area contributed by atoms with E-state index in [1.807, 2.05) is 13.8 Å². The average molecular weight is 238 g/mol. The van der Waals surface area contributed by atoms with Crippen molar-refractivity contribution in [3.8, 4) is 0 Å². The molecule has 16 heavy (non-hydrogen) atoms. The Labute approximate surface area is 95.3 Å². The second-order valence-electron chi connectivity index (χ2n) is 3.27. The van der Waals surface area contributed by atoms with Crippen LogP contribution < -0.4 is 5.32 Å². The number of hydrogen-bond donors (Lipinski definition) is 3. The third kappa shape index (κ3) is 1.89. The van der Waals surface area contributed by atoms with Crippen LogP contribution in [0.3, 0.4) is 0 Å². The first-order valence-corrected chi connectivity index (χ1v) is 5.37. The Morgan fingerprint density at radius 3 is 2.81 bits per heavy atom. The van der Waals surface area contributed by atoms with Gasteiger partial charge in [-0.25, -0.2) is 9.78 Å². The summed E-state index contributed by atoms with van der Waals surface area (Å²) in [5.41, 5.74) is 2.56. The van der Waals surface area contributed by atoms with Crippen LogP contribution in [0.25, 0.3) is 0 Å². The maximum atomic E-state index is 10.7. The number of H-pyrrole nitrogens is 1. The minimum absolute atomic E-state index is 0.210.